The number of amides is 1. The van der Waals surface area contributed by atoms with Crippen LogP contribution < -0.4 is 4.72 Å². The minimum absolute atomic E-state index is 0.107. The maximum Gasteiger partial charge on any atom is 0.248 e. The minimum atomic E-state index is -3.38. The van der Waals surface area contributed by atoms with Crippen LogP contribution in [-0.2, 0) is 14.8 Å². The molecule has 2 heterocycles. The summed E-state index contributed by atoms with van der Waals surface area (Å²) in [6.45, 7) is 5.54. The Kier molecular flexibility index (Phi) is 4.86. The van der Waals surface area contributed by atoms with Gasteiger partial charge in [-0.2, -0.15) is 5.10 Å². The topological polar surface area (TPSA) is 92.0 Å². The van der Waals surface area contributed by atoms with Crippen LogP contribution in [0.5, 0.6) is 0 Å². The molecule has 2 aromatic rings. The summed E-state index contributed by atoms with van der Waals surface area (Å²) in [7, 11) is -3.38. The zero-order valence-corrected chi connectivity index (χ0v) is 16.6. The predicted molar refractivity (Wildman–Crippen MR) is 104 cm³/mol. The molecular weight excluding hydrogens is 366 g/mol. The minimum Gasteiger partial charge on any atom is -0.467 e. The average Bonchev–Trinajstić information content (AvgIpc) is 3.21. The van der Waals surface area contributed by atoms with Gasteiger partial charge in [0.2, 0.25) is 15.9 Å². The van der Waals surface area contributed by atoms with Gasteiger partial charge in [0.1, 0.15) is 11.8 Å². The zero-order chi connectivity index (χ0) is 19.8. The lowest BCUT2D eigenvalue weighted by molar-refractivity contribution is -0.141. The van der Waals surface area contributed by atoms with Crippen molar-refractivity contribution in [3.8, 4) is 0 Å². The van der Waals surface area contributed by atoms with Gasteiger partial charge in [0.05, 0.1) is 18.2 Å². The Morgan fingerprint density at radius 3 is 2.59 bits per heavy atom. The van der Waals surface area contributed by atoms with E-state index in [-0.39, 0.29) is 11.9 Å². The fourth-order valence-corrected chi connectivity index (χ4v) is 3.45. The second-order valence-corrected chi connectivity index (χ2v) is 9.39. The summed E-state index contributed by atoms with van der Waals surface area (Å²) >= 11 is 0. The Balaban J connectivity index is 1.96. The van der Waals surface area contributed by atoms with Crippen molar-refractivity contribution >= 4 is 27.3 Å². The Labute approximate surface area is 159 Å². The molecule has 1 aliphatic rings. The van der Waals surface area contributed by atoms with Crippen LogP contribution in [-0.4, -0.2) is 31.3 Å². The maximum atomic E-state index is 12.9. The standard InChI is InChI=1S/C19H23N3O4S/c1-19(2,3)18(23)22-16(17-9-6-10-26-17)12-15(20-22)13-7-5-8-14(11-13)21-27(4,24)25/h5-11,16,21H,12H2,1-4H3/t16-/m1/s1. The maximum absolute atomic E-state index is 12.9. The summed E-state index contributed by atoms with van der Waals surface area (Å²) in [5, 5.41) is 6.04. The van der Waals surface area contributed by atoms with Gasteiger partial charge in [0.15, 0.2) is 0 Å². The number of benzene rings is 1. The van der Waals surface area contributed by atoms with Crippen molar-refractivity contribution in [2.45, 2.75) is 33.2 Å². The number of carbonyl (C=O) groups is 1. The molecule has 3 rings (SSSR count). The SMILES string of the molecule is CC(C)(C)C(=O)N1N=C(c2cccc(NS(C)(=O)=O)c2)C[C@@H]1c1ccco1. The van der Waals surface area contributed by atoms with Gasteiger partial charge in [0, 0.05) is 17.5 Å². The molecule has 0 spiro atoms. The summed E-state index contributed by atoms with van der Waals surface area (Å²) in [5.41, 5.74) is 1.31. The molecule has 0 bridgehead atoms. The highest BCUT2D eigenvalue weighted by Gasteiger charge is 2.39. The van der Waals surface area contributed by atoms with Gasteiger partial charge < -0.3 is 4.42 Å². The molecule has 1 amide bonds. The Hall–Kier alpha value is -2.61. The number of nitrogens with one attached hydrogen (secondary N) is 1. The van der Waals surface area contributed by atoms with Crippen LogP contribution in [0.4, 0.5) is 5.69 Å². The molecular formula is C19H23N3O4S. The van der Waals surface area contributed by atoms with E-state index in [0.29, 0.717) is 23.6 Å². The third kappa shape index (κ3) is 4.39. The van der Waals surface area contributed by atoms with E-state index in [9.17, 15) is 13.2 Å². The third-order valence-electron chi connectivity index (χ3n) is 4.13. The normalized spacial score (nSPS) is 17.7. The molecule has 0 saturated carbocycles. The van der Waals surface area contributed by atoms with Crippen molar-refractivity contribution in [1.29, 1.82) is 0 Å². The Bertz CT molecular complexity index is 973. The summed E-state index contributed by atoms with van der Waals surface area (Å²) in [5.74, 6) is 0.557. The highest BCUT2D eigenvalue weighted by atomic mass is 32.2. The molecule has 8 heteroatoms. The van der Waals surface area contributed by atoms with Crippen LogP contribution in [0, 0.1) is 5.41 Å². The number of nitrogens with zero attached hydrogens (tertiary/aromatic N) is 2. The molecule has 1 aromatic heterocycles. The molecule has 0 fully saturated rings. The second kappa shape index (κ2) is 6.84. The van der Waals surface area contributed by atoms with Gasteiger partial charge in [-0.1, -0.05) is 32.9 Å². The van der Waals surface area contributed by atoms with Crippen LogP contribution in [0.1, 0.15) is 44.6 Å². The molecule has 1 aliphatic heterocycles. The van der Waals surface area contributed by atoms with Crippen molar-refractivity contribution in [3.63, 3.8) is 0 Å². The van der Waals surface area contributed by atoms with Crippen LogP contribution >= 0.6 is 0 Å². The molecule has 1 aromatic carbocycles. The zero-order valence-electron chi connectivity index (χ0n) is 15.8. The molecule has 0 radical (unpaired) electrons. The molecule has 144 valence electrons. The smallest absolute Gasteiger partial charge is 0.248 e. The summed E-state index contributed by atoms with van der Waals surface area (Å²) in [6.07, 6.45) is 3.16. The quantitative estimate of drug-likeness (QED) is 0.868. The van der Waals surface area contributed by atoms with E-state index in [0.717, 1.165) is 11.8 Å². The number of furan rings is 1. The molecule has 1 atom stereocenters. The first-order valence-corrected chi connectivity index (χ1v) is 10.5. The Morgan fingerprint density at radius 2 is 2.00 bits per heavy atom. The number of hydrazone groups is 1. The second-order valence-electron chi connectivity index (χ2n) is 7.64. The number of anilines is 1. The molecule has 0 unspecified atom stereocenters. The molecule has 1 N–H and O–H groups in total. The number of hydrogen-bond donors (Lipinski definition) is 1. The van der Waals surface area contributed by atoms with Crippen LogP contribution in [0.25, 0.3) is 0 Å². The third-order valence-corrected chi connectivity index (χ3v) is 4.74. The van der Waals surface area contributed by atoms with Crippen LogP contribution in [0.15, 0.2) is 52.2 Å². The van der Waals surface area contributed by atoms with Gasteiger partial charge in [0.25, 0.3) is 0 Å². The summed E-state index contributed by atoms with van der Waals surface area (Å²) in [4.78, 5) is 12.9. The van der Waals surface area contributed by atoms with E-state index in [4.69, 9.17) is 4.42 Å². The van der Waals surface area contributed by atoms with Gasteiger partial charge >= 0.3 is 0 Å². The number of rotatable bonds is 4. The van der Waals surface area contributed by atoms with E-state index >= 15 is 0 Å². The van der Waals surface area contributed by atoms with Crippen molar-refractivity contribution < 1.29 is 17.6 Å². The van der Waals surface area contributed by atoms with Crippen molar-refractivity contribution in [2.75, 3.05) is 11.0 Å². The number of sulfonamides is 1. The fourth-order valence-electron chi connectivity index (χ4n) is 2.89. The van der Waals surface area contributed by atoms with Crippen molar-refractivity contribution in [3.05, 3.63) is 54.0 Å². The van der Waals surface area contributed by atoms with Crippen molar-refractivity contribution in [1.82, 2.24) is 5.01 Å². The van der Waals surface area contributed by atoms with Crippen LogP contribution in [0.3, 0.4) is 0 Å². The van der Waals surface area contributed by atoms with Gasteiger partial charge in [-0.25, -0.2) is 13.4 Å². The first-order chi connectivity index (χ1) is 12.5. The summed E-state index contributed by atoms with van der Waals surface area (Å²) < 4.78 is 31.0. The van der Waals surface area contributed by atoms with Gasteiger partial charge in [-0.15, -0.1) is 0 Å². The lowest BCUT2D eigenvalue weighted by Crippen LogP contribution is -2.36. The van der Waals surface area contributed by atoms with E-state index in [1.54, 1.807) is 30.5 Å². The van der Waals surface area contributed by atoms with E-state index < -0.39 is 15.4 Å². The molecule has 0 saturated heterocycles. The predicted octanol–water partition coefficient (Wildman–Crippen LogP) is 3.37. The monoisotopic (exact) mass is 389 g/mol. The summed E-state index contributed by atoms with van der Waals surface area (Å²) in [6, 6.07) is 10.3. The lowest BCUT2D eigenvalue weighted by Gasteiger charge is -2.27. The molecule has 0 aliphatic carbocycles. The van der Waals surface area contributed by atoms with Gasteiger partial charge in [-0.3, -0.25) is 9.52 Å². The van der Waals surface area contributed by atoms with Crippen LogP contribution in [0.2, 0.25) is 0 Å². The molecule has 27 heavy (non-hydrogen) atoms. The number of carbonyl (C=O) groups excluding carboxylic acids is 1. The fraction of sp³-hybridized carbons (Fsp3) is 0.368. The van der Waals surface area contributed by atoms with Crippen molar-refractivity contribution in [2.24, 2.45) is 10.5 Å². The van der Waals surface area contributed by atoms with E-state index in [2.05, 4.69) is 9.82 Å². The lowest BCUT2D eigenvalue weighted by atomic mass is 9.94. The van der Waals surface area contributed by atoms with E-state index in [1.807, 2.05) is 32.9 Å². The highest BCUT2D eigenvalue weighted by Crippen LogP contribution is 2.36. The first-order valence-electron chi connectivity index (χ1n) is 8.57. The highest BCUT2D eigenvalue weighted by molar-refractivity contribution is 7.92. The van der Waals surface area contributed by atoms with E-state index in [1.165, 1.54) is 5.01 Å². The first kappa shape index (κ1) is 19.2. The number of hydrogen-bond acceptors (Lipinski definition) is 5. The Morgan fingerprint density at radius 1 is 1.26 bits per heavy atom. The van der Waals surface area contributed by atoms with Gasteiger partial charge in [-0.05, 0) is 29.8 Å². The average molecular weight is 389 g/mol. The largest absolute Gasteiger partial charge is 0.467 e. The molecule has 7 nitrogen and oxygen atoms in total.